The quantitative estimate of drug-likeness (QED) is 0.875. The second kappa shape index (κ2) is 6.38. The minimum absolute atomic E-state index is 0.143. The van der Waals surface area contributed by atoms with E-state index in [-0.39, 0.29) is 17.5 Å². The third-order valence-corrected chi connectivity index (χ3v) is 4.65. The predicted octanol–water partition coefficient (Wildman–Crippen LogP) is 1.39. The minimum Gasteiger partial charge on any atom is -0.375 e. The molecule has 1 N–H and O–H groups in total. The van der Waals surface area contributed by atoms with Gasteiger partial charge in [-0.25, -0.2) is 13.1 Å². The zero-order chi connectivity index (χ0) is 15.5. The highest BCUT2D eigenvalue weighted by Crippen LogP contribution is 2.20. The fraction of sp³-hybridized carbons (Fsp3) is 0.357. The summed E-state index contributed by atoms with van der Waals surface area (Å²) < 4.78 is 33.7. The van der Waals surface area contributed by atoms with E-state index in [2.05, 4.69) is 9.82 Å². The van der Waals surface area contributed by atoms with Crippen LogP contribution in [0.25, 0.3) is 0 Å². The van der Waals surface area contributed by atoms with Crippen molar-refractivity contribution in [2.24, 2.45) is 7.05 Å². The molecule has 1 heterocycles. The van der Waals surface area contributed by atoms with Crippen LogP contribution in [0.4, 0.5) is 0 Å². The minimum atomic E-state index is -3.58. The third-order valence-electron chi connectivity index (χ3n) is 3.27. The molecule has 0 saturated heterocycles. The molecule has 0 spiro atoms. The molecular weight excluding hydrogens is 290 g/mol. The number of hydrogen-bond acceptors (Lipinski definition) is 4. The van der Waals surface area contributed by atoms with Crippen LogP contribution in [0.3, 0.4) is 0 Å². The molecule has 0 radical (unpaired) electrons. The Kier molecular flexibility index (Phi) is 4.76. The number of aryl methyl sites for hydroxylation is 2. The summed E-state index contributed by atoms with van der Waals surface area (Å²) >= 11 is 0. The molecule has 0 aliphatic carbocycles. The summed E-state index contributed by atoms with van der Waals surface area (Å²) in [6.07, 6.45) is 2.44. The van der Waals surface area contributed by atoms with Gasteiger partial charge < -0.3 is 4.74 Å². The van der Waals surface area contributed by atoms with Crippen molar-refractivity contribution >= 4 is 10.0 Å². The Morgan fingerprint density at radius 3 is 2.67 bits per heavy atom. The highest BCUT2D eigenvalue weighted by atomic mass is 32.2. The van der Waals surface area contributed by atoms with Crippen molar-refractivity contribution in [3.8, 4) is 0 Å². The number of methoxy groups -OCH3 is 1. The van der Waals surface area contributed by atoms with E-state index in [1.54, 1.807) is 14.2 Å². The number of nitrogens with zero attached hydrogens (tertiary/aromatic N) is 2. The van der Waals surface area contributed by atoms with Crippen molar-refractivity contribution in [2.45, 2.75) is 17.9 Å². The molecule has 114 valence electrons. The zero-order valence-corrected chi connectivity index (χ0v) is 13.1. The van der Waals surface area contributed by atoms with Gasteiger partial charge in [-0.2, -0.15) is 5.10 Å². The lowest BCUT2D eigenvalue weighted by atomic mass is 10.0. The molecule has 0 unspecified atom stereocenters. The molecule has 0 aliphatic rings. The van der Waals surface area contributed by atoms with E-state index in [1.165, 1.54) is 17.1 Å². The summed E-state index contributed by atoms with van der Waals surface area (Å²) in [7, 11) is -0.343. The van der Waals surface area contributed by atoms with Gasteiger partial charge in [0, 0.05) is 26.9 Å². The Labute approximate surface area is 124 Å². The number of benzene rings is 1. The Bertz CT molecular complexity index is 710. The van der Waals surface area contributed by atoms with Crippen LogP contribution in [0.15, 0.2) is 41.6 Å². The highest BCUT2D eigenvalue weighted by molar-refractivity contribution is 7.89. The number of sulfonamides is 1. The summed E-state index contributed by atoms with van der Waals surface area (Å²) in [6, 6.07) is 7.74. The first-order valence-electron chi connectivity index (χ1n) is 6.50. The average Bonchev–Trinajstić information content (AvgIpc) is 2.89. The van der Waals surface area contributed by atoms with Crippen LogP contribution in [-0.2, 0) is 21.8 Å². The molecular formula is C14H19N3O3S. The Hall–Kier alpha value is -1.70. The van der Waals surface area contributed by atoms with Gasteiger partial charge in [-0.05, 0) is 18.1 Å². The predicted molar refractivity (Wildman–Crippen MR) is 79.3 cm³/mol. The normalized spacial score (nSPS) is 13.3. The molecule has 0 bridgehead atoms. The number of hydrogen-bond donors (Lipinski definition) is 1. The summed E-state index contributed by atoms with van der Waals surface area (Å²) in [5, 5.41) is 3.87. The van der Waals surface area contributed by atoms with Gasteiger partial charge in [0.1, 0.15) is 4.90 Å². The standard InChI is InChI=1S/C14H19N3O3S/c1-11-6-4-5-7-13(11)14(20-3)9-16-21(18,19)12-8-15-17(2)10-12/h4-8,10,14,16H,9H2,1-3H3/t14-/m1/s1. The highest BCUT2D eigenvalue weighted by Gasteiger charge is 2.20. The smallest absolute Gasteiger partial charge is 0.243 e. The second-order valence-electron chi connectivity index (χ2n) is 4.78. The van der Waals surface area contributed by atoms with Crippen LogP contribution in [0.2, 0.25) is 0 Å². The Morgan fingerprint density at radius 1 is 1.38 bits per heavy atom. The van der Waals surface area contributed by atoms with Crippen LogP contribution >= 0.6 is 0 Å². The van der Waals surface area contributed by atoms with Crippen LogP contribution in [0, 0.1) is 6.92 Å². The van der Waals surface area contributed by atoms with Crippen LogP contribution in [0.5, 0.6) is 0 Å². The monoisotopic (exact) mass is 309 g/mol. The molecule has 7 heteroatoms. The van der Waals surface area contributed by atoms with Crippen LogP contribution in [0.1, 0.15) is 17.2 Å². The lowest BCUT2D eigenvalue weighted by Gasteiger charge is -2.18. The molecule has 21 heavy (non-hydrogen) atoms. The molecule has 6 nitrogen and oxygen atoms in total. The molecule has 0 fully saturated rings. The summed E-state index contributed by atoms with van der Waals surface area (Å²) in [6.45, 7) is 2.13. The van der Waals surface area contributed by atoms with E-state index >= 15 is 0 Å². The van der Waals surface area contributed by atoms with Gasteiger partial charge in [-0.1, -0.05) is 24.3 Å². The van der Waals surface area contributed by atoms with Gasteiger partial charge in [0.2, 0.25) is 10.0 Å². The molecule has 1 aromatic carbocycles. The van der Waals surface area contributed by atoms with E-state index in [0.29, 0.717) is 0 Å². The van der Waals surface area contributed by atoms with E-state index < -0.39 is 10.0 Å². The van der Waals surface area contributed by atoms with Crippen LogP contribution < -0.4 is 4.72 Å². The van der Waals surface area contributed by atoms with Gasteiger partial charge in [0.15, 0.2) is 0 Å². The Morgan fingerprint density at radius 2 is 2.10 bits per heavy atom. The molecule has 2 aromatic rings. The molecule has 2 rings (SSSR count). The molecule has 0 aliphatic heterocycles. The van der Waals surface area contributed by atoms with E-state index in [1.807, 2.05) is 31.2 Å². The van der Waals surface area contributed by atoms with Crippen molar-refractivity contribution in [1.29, 1.82) is 0 Å². The lowest BCUT2D eigenvalue weighted by molar-refractivity contribution is 0.107. The first kappa shape index (κ1) is 15.7. The van der Waals surface area contributed by atoms with Gasteiger partial charge in [-0.15, -0.1) is 0 Å². The molecule has 1 aromatic heterocycles. The SMILES string of the molecule is CO[C@H](CNS(=O)(=O)c1cnn(C)c1)c1ccccc1C. The zero-order valence-electron chi connectivity index (χ0n) is 12.3. The average molecular weight is 309 g/mol. The van der Waals surface area contributed by atoms with Crippen molar-refractivity contribution in [3.05, 3.63) is 47.8 Å². The maximum Gasteiger partial charge on any atom is 0.243 e. The van der Waals surface area contributed by atoms with Crippen LogP contribution in [-0.4, -0.2) is 31.9 Å². The summed E-state index contributed by atoms with van der Waals surface area (Å²) in [4.78, 5) is 0.143. The van der Waals surface area contributed by atoms with Crippen molar-refractivity contribution in [1.82, 2.24) is 14.5 Å². The van der Waals surface area contributed by atoms with Gasteiger partial charge >= 0.3 is 0 Å². The Balaban J connectivity index is 2.12. The number of aromatic nitrogens is 2. The van der Waals surface area contributed by atoms with Gasteiger partial charge in [0.25, 0.3) is 0 Å². The first-order chi connectivity index (χ1) is 9.94. The van der Waals surface area contributed by atoms with E-state index in [9.17, 15) is 8.42 Å². The maximum absolute atomic E-state index is 12.2. The summed E-state index contributed by atoms with van der Waals surface area (Å²) in [5.41, 5.74) is 2.03. The largest absolute Gasteiger partial charge is 0.375 e. The number of ether oxygens (including phenoxy) is 1. The number of rotatable bonds is 6. The van der Waals surface area contributed by atoms with Crippen molar-refractivity contribution < 1.29 is 13.2 Å². The lowest BCUT2D eigenvalue weighted by Crippen LogP contribution is -2.29. The van der Waals surface area contributed by atoms with E-state index in [4.69, 9.17) is 4.74 Å². The molecule has 1 atom stereocenters. The van der Waals surface area contributed by atoms with Gasteiger partial charge in [0.05, 0.1) is 12.3 Å². The topological polar surface area (TPSA) is 73.2 Å². The fourth-order valence-corrected chi connectivity index (χ4v) is 3.09. The second-order valence-corrected chi connectivity index (χ2v) is 6.55. The fourth-order valence-electron chi connectivity index (χ4n) is 2.07. The number of nitrogens with one attached hydrogen (secondary N) is 1. The van der Waals surface area contributed by atoms with Gasteiger partial charge in [-0.3, -0.25) is 4.68 Å². The third kappa shape index (κ3) is 3.69. The summed E-state index contributed by atoms with van der Waals surface area (Å²) in [5.74, 6) is 0. The molecule has 0 saturated carbocycles. The van der Waals surface area contributed by atoms with Crippen molar-refractivity contribution in [2.75, 3.05) is 13.7 Å². The van der Waals surface area contributed by atoms with E-state index in [0.717, 1.165) is 11.1 Å². The first-order valence-corrected chi connectivity index (χ1v) is 7.99. The van der Waals surface area contributed by atoms with Crippen molar-refractivity contribution in [3.63, 3.8) is 0 Å². The maximum atomic E-state index is 12.2. The molecule has 0 amide bonds.